The second-order valence-electron chi connectivity index (χ2n) is 5.45. The van der Waals surface area contributed by atoms with Gasteiger partial charge in [-0.1, -0.05) is 18.2 Å². The minimum absolute atomic E-state index is 0.825. The molecule has 0 bridgehead atoms. The summed E-state index contributed by atoms with van der Waals surface area (Å²) in [4.78, 5) is 7.79. The number of aromatic amines is 2. The predicted octanol–water partition coefficient (Wildman–Crippen LogP) is 2.45. The molecule has 1 aliphatic rings. The molecule has 1 aliphatic carbocycles. The van der Waals surface area contributed by atoms with Gasteiger partial charge in [0.05, 0.1) is 11.7 Å². The van der Waals surface area contributed by atoms with E-state index >= 15 is 0 Å². The molecule has 2 heterocycles. The van der Waals surface area contributed by atoms with Crippen LogP contribution in [0.15, 0.2) is 30.5 Å². The Labute approximate surface area is 116 Å². The zero-order valence-corrected chi connectivity index (χ0v) is 11.2. The van der Waals surface area contributed by atoms with Crippen LogP contribution < -0.4 is 5.32 Å². The number of H-pyrrole nitrogens is 2. The second-order valence-corrected chi connectivity index (χ2v) is 5.45. The zero-order chi connectivity index (χ0) is 13.4. The minimum atomic E-state index is 0.825. The van der Waals surface area contributed by atoms with Crippen LogP contribution in [0.2, 0.25) is 0 Å². The van der Waals surface area contributed by atoms with E-state index < -0.39 is 0 Å². The van der Waals surface area contributed by atoms with Crippen LogP contribution in [0, 0.1) is 5.92 Å². The highest BCUT2D eigenvalue weighted by Crippen LogP contribution is 2.27. The van der Waals surface area contributed by atoms with E-state index in [0.717, 1.165) is 47.1 Å². The third-order valence-electron chi connectivity index (χ3n) is 3.77. The van der Waals surface area contributed by atoms with Gasteiger partial charge in [-0.25, -0.2) is 4.98 Å². The topological polar surface area (TPSA) is 69.4 Å². The summed E-state index contributed by atoms with van der Waals surface area (Å²) in [5, 5.41) is 12.0. The molecule has 3 N–H and O–H groups in total. The summed E-state index contributed by atoms with van der Waals surface area (Å²) < 4.78 is 0. The lowest BCUT2D eigenvalue weighted by Gasteiger charge is -2.00. The van der Waals surface area contributed by atoms with Crippen molar-refractivity contribution in [1.82, 2.24) is 25.5 Å². The number of imidazole rings is 1. The molecule has 0 spiro atoms. The number of benzene rings is 1. The number of nitrogens with zero attached hydrogens (tertiary/aromatic N) is 2. The molecule has 20 heavy (non-hydrogen) atoms. The summed E-state index contributed by atoms with van der Waals surface area (Å²) in [6, 6.07) is 8.09. The van der Waals surface area contributed by atoms with Crippen LogP contribution in [0.1, 0.15) is 18.5 Å². The molecular weight excluding hydrogens is 250 g/mol. The molecule has 5 heteroatoms. The zero-order valence-electron chi connectivity index (χ0n) is 11.2. The van der Waals surface area contributed by atoms with Crippen molar-refractivity contribution >= 4 is 10.9 Å². The Hall–Kier alpha value is -2.14. The average molecular weight is 267 g/mol. The van der Waals surface area contributed by atoms with Gasteiger partial charge in [-0.05, 0) is 31.4 Å². The Morgan fingerprint density at radius 1 is 1.25 bits per heavy atom. The van der Waals surface area contributed by atoms with Gasteiger partial charge < -0.3 is 10.3 Å². The molecule has 3 aromatic rings. The third-order valence-corrected chi connectivity index (χ3v) is 3.77. The fraction of sp³-hybridized carbons (Fsp3) is 0.333. The molecular formula is C15H17N5. The van der Waals surface area contributed by atoms with Crippen molar-refractivity contribution in [2.45, 2.75) is 19.4 Å². The van der Waals surface area contributed by atoms with Gasteiger partial charge in [0.15, 0.2) is 5.82 Å². The van der Waals surface area contributed by atoms with E-state index in [9.17, 15) is 0 Å². The summed E-state index contributed by atoms with van der Waals surface area (Å²) in [6.45, 7) is 1.95. The number of fused-ring (bicyclic) bond motifs is 1. The number of para-hydroxylation sites is 1. The van der Waals surface area contributed by atoms with Crippen molar-refractivity contribution in [3.05, 3.63) is 36.2 Å². The smallest absolute Gasteiger partial charge is 0.158 e. The molecule has 5 nitrogen and oxygen atoms in total. The van der Waals surface area contributed by atoms with Crippen LogP contribution in [0.25, 0.3) is 22.4 Å². The van der Waals surface area contributed by atoms with Crippen molar-refractivity contribution in [3.63, 3.8) is 0 Å². The average Bonchev–Trinajstić information content (AvgIpc) is 3.01. The summed E-state index contributed by atoms with van der Waals surface area (Å²) in [6.07, 6.45) is 4.64. The quantitative estimate of drug-likeness (QED) is 0.665. The number of hydrogen-bond donors (Lipinski definition) is 3. The van der Waals surface area contributed by atoms with Crippen molar-refractivity contribution in [1.29, 1.82) is 0 Å². The van der Waals surface area contributed by atoms with Gasteiger partial charge in [-0.15, -0.1) is 0 Å². The summed E-state index contributed by atoms with van der Waals surface area (Å²) in [5.41, 5.74) is 3.02. The minimum Gasteiger partial charge on any atom is -0.339 e. The lowest BCUT2D eigenvalue weighted by atomic mass is 10.2. The molecule has 0 amide bonds. The van der Waals surface area contributed by atoms with E-state index in [1.807, 2.05) is 24.4 Å². The second kappa shape index (κ2) is 4.76. The molecule has 0 atom stereocenters. The van der Waals surface area contributed by atoms with Gasteiger partial charge >= 0.3 is 0 Å². The highest BCUT2D eigenvalue weighted by molar-refractivity contribution is 5.90. The SMILES string of the molecule is c1ccc2c(-c3ncc(CNCC4CC4)[nH]3)n[nH]c2c1. The Morgan fingerprint density at radius 3 is 3.05 bits per heavy atom. The summed E-state index contributed by atoms with van der Waals surface area (Å²) >= 11 is 0. The fourth-order valence-electron chi connectivity index (χ4n) is 2.45. The largest absolute Gasteiger partial charge is 0.339 e. The van der Waals surface area contributed by atoms with E-state index in [1.165, 1.54) is 12.8 Å². The van der Waals surface area contributed by atoms with Crippen LogP contribution in [-0.2, 0) is 6.54 Å². The third kappa shape index (κ3) is 2.20. The Bertz CT molecular complexity index is 723. The first kappa shape index (κ1) is 11.7. The molecule has 0 saturated heterocycles. The lowest BCUT2D eigenvalue weighted by Crippen LogP contribution is -2.16. The van der Waals surface area contributed by atoms with Crippen molar-refractivity contribution in [2.75, 3.05) is 6.54 Å². The number of aromatic nitrogens is 4. The molecule has 0 radical (unpaired) electrons. The number of hydrogen-bond acceptors (Lipinski definition) is 3. The van der Waals surface area contributed by atoms with Gasteiger partial charge in [-0.3, -0.25) is 5.10 Å². The van der Waals surface area contributed by atoms with Crippen molar-refractivity contribution in [2.24, 2.45) is 5.92 Å². The Balaban J connectivity index is 1.54. The Kier molecular flexibility index (Phi) is 2.77. The maximum Gasteiger partial charge on any atom is 0.158 e. The van der Waals surface area contributed by atoms with Gasteiger partial charge in [0.25, 0.3) is 0 Å². The molecule has 2 aromatic heterocycles. The first-order chi connectivity index (χ1) is 9.90. The van der Waals surface area contributed by atoms with Gasteiger partial charge in [0.1, 0.15) is 5.69 Å². The van der Waals surface area contributed by atoms with Crippen LogP contribution in [-0.4, -0.2) is 26.7 Å². The lowest BCUT2D eigenvalue weighted by molar-refractivity contribution is 0.632. The molecule has 0 unspecified atom stereocenters. The molecule has 1 aromatic carbocycles. The predicted molar refractivity (Wildman–Crippen MR) is 78.1 cm³/mol. The standard InChI is InChI=1S/C15H17N5/c1-2-4-13-12(3-1)14(20-19-13)15-17-9-11(18-15)8-16-7-10-5-6-10/h1-4,9-10,16H,5-8H2,(H,17,18)(H,19,20). The Morgan fingerprint density at radius 2 is 2.15 bits per heavy atom. The van der Waals surface area contributed by atoms with Crippen LogP contribution in [0.4, 0.5) is 0 Å². The van der Waals surface area contributed by atoms with Crippen molar-refractivity contribution < 1.29 is 0 Å². The molecule has 102 valence electrons. The molecule has 0 aliphatic heterocycles. The van der Waals surface area contributed by atoms with E-state index in [-0.39, 0.29) is 0 Å². The molecule has 1 fully saturated rings. The van der Waals surface area contributed by atoms with Gasteiger partial charge in [0.2, 0.25) is 0 Å². The highest BCUT2D eigenvalue weighted by atomic mass is 15.1. The van der Waals surface area contributed by atoms with Crippen molar-refractivity contribution in [3.8, 4) is 11.5 Å². The van der Waals surface area contributed by atoms with Crippen LogP contribution >= 0.6 is 0 Å². The first-order valence-electron chi connectivity index (χ1n) is 7.08. The highest BCUT2D eigenvalue weighted by Gasteiger charge is 2.20. The van der Waals surface area contributed by atoms with E-state index in [4.69, 9.17) is 0 Å². The van der Waals surface area contributed by atoms with E-state index in [2.05, 4.69) is 31.5 Å². The summed E-state index contributed by atoms with van der Waals surface area (Å²) in [7, 11) is 0. The van der Waals surface area contributed by atoms with Crippen LogP contribution in [0.3, 0.4) is 0 Å². The molecule has 4 rings (SSSR count). The summed E-state index contributed by atoms with van der Waals surface area (Å²) in [5.74, 6) is 1.72. The van der Waals surface area contributed by atoms with E-state index in [1.54, 1.807) is 0 Å². The fourth-order valence-corrected chi connectivity index (χ4v) is 2.45. The maximum atomic E-state index is 4.44. The monoisotopic (exact) mass is 267 g/mol. The normalized spacial score (nSPS) is 15.0. The van der Waals surface area contributed by atoms with Crippen LogP contribution in [0.5, 0.6) is 0 Å². The maximum absolute atomic E-state index is 4.44. The first-order valence-corrected chi connectivity index (χ1v) is 7.08. The molecule has 1 saturated carbocycles. The number of rotatable bonds is 5. The number of nitrogens with one attached hydrogen (secondary N) is 3. The van der Waals surface area contributed by atoms with E-state index in [0.29, 0.717) is 0 Å². The van der Waals surface area contributed by atoms with Gasteiger partial charge in [-0.2, -0.15) is 5.10 Å². The van der Waals surface area contributed by atoms with Gasteiger partial charge in [0, 0.05) is 17.6 Å².